The second-order valence-corrected chi connectivity index (χ2v) is 6.85. The van der Waals surface area contributed by atoms with Crippen molar-refractivity contribution in [1.29, 1.82) is 0 Å². The van der Waals surface area contributed by atoms with Gasteiger partial charge in [0.2, 0.25) is 0 Å². The number of halogens is 1. The zero-order valence-corrected chi connectivity index (χ0v) is 13.5. The van der Waals surface area contributed by atoms with E-state index in [-0.39, 0.29) is 5.03 Å². The summed E-state index contributed by atoms with van der Waals surface area (Å²) in [6, 6.07) is 3.34. The predicted octanol–water partition coefficient (Wildman–Crippen LogP) is 2.43. The summed E-state index contributed by atoms with van der Waals surface area (Å²) >= 11 is 3.32. The van der Waals surface area contributed by atoms with E-state index >= 15 is 0 Å². The molecule has 0 bridgehead atoms. The lowest BCUT2D eigenvalue weighted by molar-refractivity contribution is 0.598. The molecule has 0 fully saturated rings. The molecule has 0 spiro atoms. The van der Waals surface area contributed by atoms with E-state index in [1.165, 1.54) is 6.20 Å². The summed E-state index contributed by atoms with van der Waals surface area (Å²) in [6.07, 6.45) is 1.93. The average molecular weight is 359 g/mol. The van der Waals surface area contributed by atoms with Crippen molar-refractivity contribution in [2.45, 2.75) is 25.3 Å². The van der Waals surface area contributed by atoms with Crippen LogP contribution in [-0.4, -0.2) is 18.4 Å². The molecule has 2 rings (SSSR count). The molecular weight excluding hydrogens is 344 g/mol. The number of H-pyrrole nitrogens is 1. The van der Waals surface area contributed by atoms with Crippen molar-refractivity contribution >= 4 is 37.3 Å². The molecule has 108 valence electrons. The van der Waals surface area contributed by atoms with Gasteiger partial charge in [0.25, 0.3) is 10.0 Å². The van der Waals surface area contributed by atoms with Crippen LogP contribution in [0.5, 0.6) is 0 Å². The Morgan fingerprint density at radius 3 is 2.75 bits per heavy atom. The first kappa shape index (κ1) is 14.9. The van der Waals surface area contributed by atoms with Crippen LogP contribution < -0.4 is 10.5 Å². The topological polar surface area (TPSA) is 101 Å². The summed E-state index contributed by atoms with van der Waals surface area (Å²) in [7, 11) is -3.71. The van der Waals surface area contributed by atoms with Crippen LogP contribution in [-0.2, 0) is 16.4 Å². The van der Waals surface area contributed by atoms with E-state index in [0.717, 1.165) is 5.56 Å². The molecule has 6 nitrogen and oxygen atoms in total. The Balaban J connectivity index is 2.35. The number of nitrogen functional groups attached to an aromatic ring is 1. The van der Waals surface area contributed by atoms with Crippen molar-refractivity contribution in [2.24, 2.45) is 0 Å². The van der Waals surface area contributed by atoms with Crippen molar-refractivity contribution in [2.75, 3.05) is 10.5 Å². The highest BCUT2D eigenvalue weighted by Gasteiger charge is 2.18. The van der Waals surface area contributed by atoms with Crippen molar-refractivity contribution in [3.05, 3.63) is 34.2 Å². The Bertz CT molecular complexity index is 740. The molecule has 20 heavy (non-hydrogen) atoms. The highest BCUT2D eigenvalue weighted by molar-refractivity contribution is 9.10. The first-order valence-electron chi connectivity index (χ1n) is 5.96. The Morgan fingerprint density at radius 2 is 2.15 bits per heavy atom. The first-order valence-corrected chi connectivity index (χ1v) is 8.23. The number of aryl methyl sites for hydroxylation is 2. The number of imidazole rings is 1. The van der Waals surface area contributed by atoms with E-state index in [9.17, 15) is 8.42 Å². The molecular formula is C12H15BrN4O2S. The van der Waals surface area contributed by atoms with Gasteiger partial charge in [0.1, 0.15) is 5.82 Å². The quantitative estimate of drug-likeness (QED) is 0.730. The SMILES string of the molecule is CCc1ncc(S(=O)(=O)Nc2cc(N)c(C)cc2Br)[nH]1. The lowest BCUT2D eigenvalue weighted by Crippen LogP contribution is -2.14. The predicted molar refractivity (Wildman–Crippen MR) is 82.1 cm³/mol. The highest BCUT2D eigenvalue weighted by Crippen LogP contribution is 2.29. The van der Waals surface area contributed by atoms with Gasteiger partial charge in [0, 0.05) is 16.6 Å². The van der Waals surface area contributed by atoms with Crippen molar-refractivity contribution < 1.29 is 8.42 Å². The summed E-state index contributed by atoms with van der Waals surface area (Å²) in [4.78, 5) is 6.75. The van der Waals surface area contributed by atoms with Gasteiger partial charge in [0.05, 0.1) is 11.9 Å². The molecule has 1 heterocycles. The first-order chi connectivity index (χ1) is 9.33. The van der Waals surface area contributed by atoms with Gasteiger partial charge < -0.3 is 10.7 Å². The van der Waals surface area contributed by atoms with Gasteiger partial charge >= 0.3 is 0 Å². The van der Waals surface area contributed by atoms with Gasteiger partial charge in [-0.1, -0.05) is 6.92 Å². The van der Waals surface area contributed by atoms with Crippen LogP contribution in [0, 0.1) is 6.92 Å². The molecule has 0 saturated carbocycles. The number of hydrogen-bond acceptors (Lipinski definition) is 4. The third kappa shape index (κ3) is 2.96. The number of sulfonamides is 1. The molecule has 0 aliphatic carbocycles. The minimum Gasteiger partial charge on any atom is -0.398 e. The lowest BCUT2D eigenvalue weighted by atomic mass is 10.2. The van der Waals surface area contributed by atoms with Crippen LogP contribution in [0.1, 0.15) is 18.3 Å². The van der Waals surface area contributed by atoms with Crippen LogP contribution >= 0.6 is 15.9 Å². The number of nitrogens with one attached hydrogen (secondary N) is 2. The van der Waals surface area contributed by atoms with Gasteiger partial charge in [-0.05, 0) is 40.5 Å². The Morgan fingerprint density at radius 1 is 1.45 bits per heavy atom. The molecule has 0 aliphatic heterocycles. The smallest absolute Gasteiger partial charge is 0.279 e. The fourth-order valence-electron chi connectivity index (χ4n) is 1.63. The second kappa shape index (κ2) is 5.45. The summed E-state index contributed by atoms with van der Waals surface area (Å²) in [5.41, 5.74) is 7.57. The average Bonchev–Trinajstić information content (AvgIpc) is 2.85. The molecule has 4 N–H and O–H groups in total. The number of aromatic nitrogens is 2. The van der Waals surface area contributed by atoms with Crippen molar-refractivity contribution in [3.8, 4) is 0 Å². The minimum absolute atomic E-state index is 0.0281. The number of aromatic amines is 1. The van der Waals surface area contributed by atoms with Crippen LogP contribution in [0.2, 0.25) is 0 Å². The fourth-order valence-corrected chi connectivity index (χ4v) is 3.33. The number of rotatable bonds is 4. The fraction of sp³-hybridized carbons (Fsp3) is 0.250. The molecule has 0 saturated heterocycles. The third-order valence-corrected chi connectivity index (χ3v) is 4.76. The number of nitrogens with two attached hydrogens (primary N) is 1. The van der Waals surface area contributed by atoms with E-state index in [1.54, 1.807) is 12.1 Å². The molecule has 0 radical (unpaired) electrons. The van der Waals surface area contributed by atoms with Gasteiger partial charge in [0.15, 0.2) is 5.03 Å². The number of benzene rings is 1. The summed E-state index contributed by atoms with van der Waals surface area (Å²) < 4.78 is 27.6. The van der Waals surface area contributed by atoms with Crippen molar-refractivity contribution in [1.82, 2.24) is 9.97 Å². The van der Waals surface area contributed by atoms with E-state index in [2.05, 4.69) is 30.6 Å². The zero-order valence-electron chi connectivity index (χ0n) is 11.1. The number of hydrogen-bond donors (Lipinski definition) is 3. The maximum absolute atomic E-state index is 12.2. The van der Waals surface area contributed by atoms with Crippen LogP contribution in [0.25, 0.3) is 0 Å². The molecule has 8 heteroatoms. The summed E-state index contributed by atoms with van der Waals surface area (Å²) in [5.74, 6) is 0.618. The molecule has 1 aromatic carbocycles. The molecule has 1 aromatic heterocycles. The second-order valence-electron chi connectivity index (χ2n) is 4.34. The van der Waals surface area contributed by atoms with E-state index in [0.29, 0.717) is 28.1 Å². The highest BCUT2D eigenvalue weighted by atomic mass is 79.9. The largest absolute Gasteiger partial charge is 0.398 e. The minimum atomic E-state index is -3.71. The molecule has 0 atom stereocenters. The Labute approximate surface area is 126 Å². The molecule has 2 aromatic rings. The van der Waals surface area contributed by atoms with E-state index < -0.39 is 10.0 Å². The van der Waals surface area contributed by atoms with Gasteiger partial charge in [-0.3, -0.25) is 4.72 Å². The Hall–Kier alpha value is -1.54. The molecule has 0 aliphatic rings. The zero-order chi connectivity index (χ0) is 14.9. The maximum Gasteiger partial charge on any atom is 0.279 e. The lowest BCUT2D eigenvalue weighted by Gasteiger charge is -2.10. The third-order valence-electron chi connectivity index (χ3n) is 2.83. The van der Waals surface area contributed by atoms with E-state index in [4.69, 9.17) is 5.73 Å². The normalized spacial score (nSPS) is 11.6. The van der Waals surface area contributed by atoms with Crippen LogP contribution in [0.15, 0.2) is 27.8 Å². The maximum atomic E-state index is 12.2. The van der Waals surface area contributed by atoms with Gasteiger partial charge in [-0.2, -0.15) is 8.42 Å². The van der Waals surface area contributed by atoms with Gasteiger partial charge in [-0.25, -0.2) is 4.98 Å². The number of anilines is 2. The summed E-state index contributed by atoms with van der Waals surface area (Å²) in [6.45, 7) is 3.74. The van der Waals surface area contributed by atoms with E-state index in [1.807, 2.05) is 13.8 Å². The molecule has 0 unspecified atom stereocenters. The van der Waals surface area contributed by atoms with Crippen LogP contribution in [0.3, 0.4) is 0 Å². The Kier molecular flexibility index (Phi) is 4.05. The van der Waals surface area contributed by atoms with Crippen LogP contribution in [0.4, 0.5) is 11.4 Å². The summed E-state index contributed by atoms with van der Waals surface area (Å²) in [5, 5.41) is 0.0281. The standard InChI is InChI=1S/C12H15BrN4O2S/c1-3-11-15-6-12(16-11)20(18,19)17-10-5-9(14)7(2)4-8(10)13/h4-6,17H,3,14H2,1-2H3,(H,15,16). The number of nitrogens with zero attached hydrogens (tertiary/aromatic N) is 1. The van der Waals surface area contributed by atoms with Crippen molar-refractivity contribution in [3.63, 3.8) is 0 Å². The van der Waals surface area contributed by atoms with Gasteiger partial charge in [-0.15, -0.1) is 0 Å². The molecule has 0 amide bonds. The monoisotopic (exact) mass is 358 g/mol.